The predicted octanol–water partition coefficient (Wildman–Crippen LogP) is 4.30. The van der Waals surface area contributed by atoms with Crippen LogP contribution in [0.15, 0.2) is 50.9 Å². The molecule has 0 aliphatic heterocycles. The summed E-state index contributed by atoms with van der Waals surface area (Å²) in [6, 6.07) is 11.7. The van der Waals surface area contributed by atoms with Gasteiger partial charge in [0.15, 0.2) is 17.1 Å². The molecular formula is C16H15NO3S. The SMILES string of the molecule is COc1ccc(Sc2nc3cc(C)ccc3o2)cc1OC. The zero-order chi connectivity index (χ0) is 14.8. The molecule has 5 heteroatoms. The third-order valence-corrected chi connectivity index (χ3v) is 3.92. The lowest BCUT2D eigenvalue weighted by Gasteiger charge is -2.08. The van der Waals surface area contributed by atoms with Crippen molar-refractivity contribution in [2.24, 2.45) is 0 Å². The van der Waals surface area contributed by atoms with Crippen molar-refractivity contribution in [3.63, 3.8) is 0 Å². The maximum atomic E-state index is 5.74. The number of hydrogen-bond donors (Lipinski definition) is 0. The highest BCUT2D eigenvalue weighted by Crippen LogP contribution is 2.35. The standard InChI is InChI=1S/C16H15NO3S/c1-10-4-6-13-12(8-10)17-16(20-13)21-11-5-7-14(18-2)15(9-11)19-3/h4-9H,1-3H3. The second-order valence-corrected chi connectivity index (χ2v) is 5.59. The van der Waals surface area contributed by atoms with Gasteiger partial charge in [-0.15, -0.1) is 0 Å². The summed E-state index contributed by atoms with van der Waals surface area (Å²) in [5.41, 5.74) is 2.83. The molecule has 1 aromatic heterocycles. The average molecular weight is 301 g/mol. The number of methoxy groups -OCH3 is 2. The van der Waals surface area contributed by atoms with E-state index >= 15 is 0 Å². The number of aromatic nitrogens is 1. The Morgan fingerprint density at radius 1 is 1.00 bits per heavy atom. The quantitative estimate of drug-likeness (QED) is 0.718. The van der Waals surface area contributed by atoms with E-state index in [-0.39, 0.29) is 0 Å². The molecule has 0 amide bonds. The Morgan fingerprint density at radius 2 is 1.81 bits per heavy atom. The van der Waals surface area contributed by atoms with E-state index in [1.54, 1.807) is 14.2 Å². The van der Waals surface area contributed by atoms with Crippen LogP contribution in [-0.2, 0) is 0 Å². The Hall–Kier alpha value is -2.14. The van der Waals surface area contributed by atoms with Gasteiger partial charge in [-0.05, 0) is 54.6 Å². The van der Waals surface area contributed by atoms with E-state index in [4.69, 9.17) is 13.9 Å². The zero-order valence-electron chi connectivity index (χ0n) is 12.0. The summed E-state index contributed by atoms with van der Waals surface area (Å²) in [5, 5.41) is 0.614. The number of hydrogen-bond acceptors (Lipinski definition) is 5. The van der Waals surface area contributed by atoms with Gasteiger partial charge in [0.1, 0.15) is 5.52 Å². The predicted molar refractivity (Wildman–Crippen MR) is 82.4 cm³/mol. The van der Waals surface area contributed by atoms with Crippen LogP contribution in [0.4, 0.5) is 0 Å². The molecule has 0 saturated carbocycles. The number of fused-ring (bicyclic) bond motifs is 1. The highest BCUT2D eigenvalue weighted by molar-refractivity contribution is 7.99. The molecule has 4 nitrogen and oxygen atoms in total. The maximum absolute atomic E-state index is 5.74. The van der Waals surface area contributed by atoms with E-state index in [2.05, 4.69) is 4.98 Å². The van der Waals surface area contributed by atoms with Gasteiger partial charge >= 0.3 is 0 Å². The molecule has 0 fully saturated rings. The third kappa shape index (κ3) is 2.83. The fourth-order valence-corrected chi connectivity index (χ4v) is 2.82. The van der Waals surface area contributed by atoms with Crippen LogP contribution in [0.5, 0.6) is 11.5 Å². The van der Waals surface area contributed by atoms with Crippen LogP contribution in [0, 0.1) is 6.92 Å². The summed E-state index contributed by atoms with van der Waals surface area (Å²) < 4.78 is 16.3. The van der Waals surface area contributed by atoms with Crippen LogP contribution >= 0.6 is 11.8 Å². The van der Waals surface area contributed by atoms with Crippen molar-refractivity contribution in [3.05, 3.63) is 42.0 Å². The van der Waals surface area contributed by atoms with Crippen molar-refractivity contribution < 1.29 is 13.9 Å². The van der Waals surface area contributed by atoms with Crippen LogP contribution < -0.4 is 9.47 Å². The smallest absolute Gasteiger partial charge is 0.261 e. The fraction of sp³-hybridized carbons (Fsp3) is 0.188. The highest BCUT2D eigenvalue weighted by Gasteiger charge is 2.10. The summed E-state index contributed by atoms with van der Waals surface area (Å²) in [4.78, 5) is 5.47. The highest BCUT2D eigenvalue weighted by atomic mass is 32.2. The van der Waals surface area contributed by atoms with Gasteiger partial charge in [-0.1, -0.05) is 6.07 Å². The Kier molecular flexibility index (Phi) is 3.75. The molecular weight excluding hydrogens is 286 g/mol. The molecule has 2 aromatic carbocycles. The van der Waals surface area contributed by atoms with Crippen LogP contribution in [0.25, 0.3) is 11.1 Å². The fourth-order valence-electron chi connectivity index (χ4n) is 2.04. The number of benzene rings is 2. The molecule has 0 N–H and O–H groups in total. The maximum Gasteiger partial charge on any atom is 0.261 e. The molecule has 0 bridgehead atoms. The van der Waals surface area contributed by atoms with Gasteiger partial charge in [-0.25, -0.2) is 4.98 Å². The number of rotatable bonds is 4. The summed E-state index contributed by atoms with van der Waals surface area (Å²) in [6.07, 6.45) is 0. The number of oxazole rings is 1. The lowest BCUT2D eigenvalue weighted by Crippen LogP contribution is -1.90. The second-order valence-electron chi connectivity index (χ2n) is 4.57. The molecule has 0 spiro atoms. The Bertz CT molecular complexity index is 782. The first-order valence-electron chi connectivity index (χ1n) is 6.46. The van der Waals surface area contributed by atoms with Crippen LogP contribution in [-0.4, -0.2) is 19.2 Å². The van der Waals surface area contributed by atoms with Crippen molar-refractivity contribution in [3.8, 4) is 11.5 Å². The second kappa shape index (κ2) is 5.69. The minimum absolute atomic E-state index is 0.614. The summed E-state index contributed by atoms with van der Waals surface area (Å²) in [7, 11) is 3.24. The average Bonchev–Trinajstić information content (AvgIpc) is 2.88. The minimum atomic E-state index is 0.614. The summed E-state index contributed by atoms with van der Waals surface area (Å²) in [6.45, 7) is 2.04. The Morgan fingerprint density at radius 3 is 2.57 bits per heavy atom. The summed E-state index contributed by atoms with van der Waals surface area (Å²) >= 11 is 1.45. The van der Waals surface area contributed by atoms with Crippen molar-refractivity contribution in [2.45, 2.75) is 17.0 Å². The topological polar surface area (TPSA) is 44.5 Å². The van der Waals surface area contributed by atoms with Gasteiger partial charge in [-0.2, -0.15) is 0 Å². The molecule has 21 heavy (non-hydrogen) atoms. The first-order chi connectivity index (χ1) is 10.2. The normalized spacial score (nSPS) is 10.8. The molecule has 3 aromatic rings. The molecule has 0 aliphatic carbocycles. The summed E-state index contributed by atoms with van der Waals surface area (Å²) in [5.74, 6) is 1.39. The van der Waals surface area contributed by atoms with E-state index in [0.717, 1.165) is 16.0 Å². The monoisotopic (exact) mass is 301 g/mol. The van der Waals surface area contributed by atoms with Crippen molar-refractivity contribution in [1.82, 2.24) is 4.98 Å². The van der Waals surface area contributed by atoms with Gasteiger partial charge in [0.2, 0.25) is 0 Å². The third-order valence-electron chi connectivity index (χ3n) is 3.08. The van der Waals surface area contributed by atoms with Crippen LogP contribution in [0.1, 0.15) is 5.56 Å². The molecule has 0 unspecified atom stereocenters. The van der Waals surface area contributed by atoms with Gasteiger partial charge in [0.25, 0.3) is 5.22 Å². The van der Waals surface area contributed by atoms with E-state index in [9.17, 15) is 0 Å². The lowest BCUT2D eigenvalue weighted by molar-refractivity contribution is 0.354. The minimum Gasteiger partial charge on any atom is -0.493 e. The van der Waals surface area contributed by atoms with Crippen LogP contribution in [0.2, 0.25) is 0 Å². The molecule has 0 aliphatic rings. The first-order valence-corrected chi connectivity index (χ1v) is 7.28. The van der Waals surface area contributed by atoms with Crippen LogP contribution in [0.3, 0.4) is 0 Å². The van der Waals surface area contributed by atoms with Crippen molar-refractivity contribution in [1.29, 1.82) is 0 Å². The molecule has 0 saturated heterocycles. The first kappa shape index (κ1) is 13.8. The number of aryl methyl sites for hydroxylation is 1. The van der Waals surface area contributed by atoms with Gasteiger partial charge in [0, 0.05) is 4.90 Å². The zero-order valence-corrected chi connectivity index (χ0v) is 12.9. The van der Waals surface area contributed by atoms with Gasteiger partial charge < -0.3 is 13.9 Å². The van der Waals surface area contributed by atoms with E-state index in [0.29, 0.717) is 16.7 Å². The molecule has 108 valence electrons. The van der Waals surface area contributed by atoms with E-state index < -0.39 is 0 Å². The lowest BCUT2D eigenvalue weighted by atomic mass is 10.2. The molecule has 0 radical (unpaired) electrons. The largest absolute Gasteiger partial charge is 0.493 e. The Labute approximate surface area is 127 Å². The molecule has 3 rings (SSSR count). The van der Waals surface area contributed by atoms with Gasteiger partial charge in [0.05, 0.1) is 14.2 Å². The number of ether oxygens (including phenoxy) is 2. The van der Waals surface area contributed by atoms with Crippen molar-refractivity contribution >= 4 is 22.9 Å². The molecule has 0 atom stereocenters. The Balaban J connectivity index is 1.91. The van der Waals surface area contributed by atoms with E-state index in [1.807, 2.05) is 43.3 Å². The number of nitrogens with zero attached hydrogens (tertiary/aromatic N) is 1. The molecule has 1 heterocycles. The van der Waals surface area contributed by atoms with Crippen molar-refractivity contribution in [2.75, 3.05) is 14.2 Å². The van der Waals surface area contributed by atoms with Gasteiger partial charge in [-0.3, -0.25) is 0 Å². The van der Waals surface area contributed by atoms with E-state index in [1.165, 1.54) is 17.3 Å².